The van der Waals surface area contributed by atoms with Crippen LogP contribution >= 0.6 is 59.4 Å². The van der Waals surface area contributed by atoms with Gasteiger partial charge in [0.15, 0.2) is 0 Å². The Labute approximate surface area is 181 Å². The molecule has 0 aliphatic rings. The van der Waals surface area contributed by atoms with Gasteiger partial charge < -0.3 is 9.97 Å². The largest absolute Gasteiger partial charge is 0.350 e. The summed E-state index contributed by atoms with van der Waals surface area (Å²) in [5, 5.41) is 5.26. The van der Waals surface area contributed by atoms with Gasteiger partial charge in [0.25, 0.3) is 0 Å². The zero-order valence-corrected chi connectivity index (χ0v) is 18.7. The average molecular weight is 575 g/mol. The molecule has 27 heavy (non-hydrogen) atoms. The Balaban J connectivity index is 1.92. The molecule has 0 radical (unpaired) electrons. The molecule has 4 aromatic rings. The Bertz CT molecular complexity index is 1350. The predicted octanol–water partition coefficient (Wildman–Crippen LogP) is 4.99. The van der Waals surface area contributed by atoms with E-state index in [4.69, 9.17) is 11.6 Å². The lowest BCUT2D eigenvalue weighted by Gasteiger charge is -2.03. The van der Waals surface area contributed by atoms with E-state index in [-0.39, 0.29) is 5.52 Å². The lowest BCUT2D eigenvalue weighted by molar-refractivity contribution is 0.770. The minimum atomic E-state index is -0.644. The van der Waals surface area contributed by atoms with E-state index >= 15 is 0 Å². The van der Waals surface area contributed by atoms with Gasteiger partial charge in [-0.05, 0) is 30.3 Å². The Morgan fingerprint density at radius 3 is 2.41 bits per heavy atom. The van der Waals surface area contributed by atoms with Crippen molar-refractivity contribution in [2.75, 3.05) is 0 Å². The SMILES string of the molecule is O=c1[nH]c2c([nH]c3ccc(Cl)cc32)c(=O)n1N=Cc1c(Br)cc(Br)cc1Br. The van der Waals surface area contributed by atoms with Gasteiger partial charge in [0.1, 0.15) is 5.52 Å². The van der Waals surface area contributed by atoms with Crippen LogP contribution in [0.25, 0.3) is 21.9 Å². The number of aromatic amines is 2. The fraction of sp³-hybridized carbons (Fsp3) is 0. The molecule has 6 nitrogen and oxygen atoms in total. The molecule has 2 aromatic heterocycles. The molecule has 2 heterocycles. The summed E-state index contributed by atoms with van der Waals surface area (Å²) in [5.41, 5.74) is 0.837. The first-order valence-electron chi connectivity index (χ1n) is 7.50. The van der Waals surface area contributed by atoms with Crippen molar-refractivity contribution in [3.8, 4) is 0 Å². The van der Waals surface area contributed by atoms with Crippen LogP contribution in [0.15, 0.2) is 58.4 Å². The maximum absolute atomic E-state index is 12.8. The molecular formula is C17H8Br3ClN4O2. The highest BCUT2D eigenvalue weighted by Gasteiger charge is 2.13. The van der Waals surface area contributed by atoms with Crippen LogP contribution in [-0.2, 0) is 0 Å². The molecule has 0 saturated carbocycles. The molecule has 4 rings (SSSR count). The molecular weight excluding hydrogens is 567 g/mol. The molecule has 0 unspecified atom stereocenters. The second kappa shape index (κ2) is 7.05. The smallest absolute Gasteiger partial charge is 0.349 e. The van der Waals surface area contributed by atoms with Crippen LogP contribution in [-0.4, -0.2) is 20.9 Å². The second-order valence-electron chi connectivity index (χ2n) is 5.64. The number of nitrogens with one attached hydrogen (secondary N) is 2. The molecule has 0 aliphatic heterocycles. The third-order valence-electron chi connectivity index (χ3n) is 3.94. The van der Waals surface area contributed by atoms with Gasteiger partial charge in [0.05, 0.1) is 11.7 Å². The summed E-state index contributed by atoms with van der Waals surface area (Å²) in [5.74, 6) is 0. The third-order valence-corrected chi connectivity index (χ3v) is 5.94. The summed E-state index contributed by atoms with van der Waals surface area (Å²) in [4.78, 5) is 30.9. The minimum Gasteiger partial charge on any atom is -0.349 e. The Kier molecular flexibility index (Phi) is 4.87. The van der Waals surface area contributed by atoms with Gasteiger partial charge in [-0.15, -0.1) is 4.68 Å². The van der Waals surface area contributed by atoms with E-state index in [1.165, 1.54) is 6.21 Å². The second-order valence-corrected chi connectivity index (χ2v) is 8.70. The van der Waals surface area contributed by atoms with Crippen LogP contribution in [0.1, 0.15) is 5.56 Å². The van der Waals surface area contributed by atoms with E-state index in [1.807, 2.05) is 12.1 Å². The number of hydrogen-bond acceptors (Lipinski definition) is 3. The summed E-state index contributed by atoms with van der Waals surface area (Å²) < 4.78 is 3.14. The van der Waals surface area contributed by atoms with Gasteiger partial charge in [-0.25, -0.2) is 4.79 Å². The van der Waals surface area contributed by atoms with E-state index in [9.17, 15) is 9.59 Å². The molecule has 10 heteroatoms. The quantitative estimate of drug-likeness (QED) is 0.330. The van der Waals surface area contributed by atoms with Crippen molar-refractivity contribution >= 4 is 87.5 Å². The molecule has 0 amide bonds. The first kappa shape index (κ1) is 18.7. The van der Waals surface area contributed by atoms with Gasteiger partial charge >= 0.3 is 11.2 Å². The molecule has 2 N–H and O–H groups in total. The van der Waals surface area contributed by atoms with Crippen molar-refractivity contribution in [3.05, 3.63) is 75.2 Å². The number of H-pyrrole nitrogens is 2. The number of fused-ring (bicyclic) bond motifs is 3. The number of aromatic nitrogens is 3. The standard InChI is InChI=1S/C17H8Br3ClN4O2/c18-7-3-11(19)10(12(20)4-7)6-22-25-16(26)15-14(24-17(25)27)9-5-8(21)1-2-13(9)23-15/h1-6,23H,(H,24,27). The number of rotatable bonds is 2. The number of nitrogens with zero attached hydrogens (tertiary/aromatic N) is 2. The number of hydrogen-bond donors (Lipinski definition) is 2. The maximum Gasteiger partial charge on any atom is 0.350 e. The molecule has 0 aliphatic carbocycles. The van der Waals surface area contributed by atoms with E-state index < -0.39 is 11.2 Å². The van der Waals surface area contributed by atoms with Crippen LogP contribution in [0, 0.1) is 0 Å². The lowest BCUT2D eigenvalue weighted by Crippen LogP contribution is -2.32. The van der Waals surface area contributed by atoms with Crippen molar-refractivity contribution in [2.24, 2.45) is 5.10 Å². The average Bonchev–Trinajstić information content (AvgIpc) is 2.94. The summed E-state index contributed by atoms with van der Waals surface area (Å²) in [7, 11) is 0. The van der Waals surface area contributed by atoms with Crippen molar-refractivity contribution < 1.29 is 0 Å². The van der Waals surface area contributed by atoms with Gasteiger partial charge in [0, 0.05) is 34.9 Å². The van der Waals surface area contributed by atoms with E-state index in [0.29, 0.717) is 27.0 Å². The van der Waals surface area contributed by atoms with Crippen LogP contribution in [0.4, 0.5) is 0 Å². The lowest BCUT2D eigenvalue weighted by atomic mass is 10.2. The normalized spacial score (nSPS) is 11.9. The maximum atomic E-state index is 12.8. The summed E-state index contributed by atoms with van der Waals surface area (Å²) >= 11 is 16.3. The van der Waals surface area contributed by atoms with Crippen molar-refractivity contribution in [1.29, 1.82) is 0 Å². The van der Waals surface area contributed by atoms with Crippen LogP contribution in [0.2, 0.25) is 5.02 Å². The van der Waals surface area contributed by atoms with E-state index in [1.54, 1.807) is 18.2 Å². The zero-order chi connectivity index (χ0) is 19.3. The van der Waals surface area contributed by atoms with Crippen LogP contribution < -0.4 is 11.2 Å². The van der Waals surface area contributed by atoms with Crippen LogP contribution in [0.5, 0.6) is 0 Å². The van der Waals surface area contributed by atoms with Crippen molar-refractivity contribution in [3.63, 3.8) is 0 Å². The molecule has 136 valence electrons. The number of halogens is 4. The molecule has 0 spiro atoms. The molecule has 2 aromatic carbocycles. The number of benzene rings is 2. The first-order chi connectivity index (χ1) is 12.8. The highest BCUT2D eigenvalue weighted by molar-refractivity contribution is 9.11. The Morgan fingerprint density at radius 1 is 1.00 bits per heavy atom. The van der Waals surface area contributed by atoms with Gasteiger partial charge in [-0.2, -0.15) is 5.10 Å². The predicted molar refractivity (Wildman–Crippen MR) is 118 cm³/mol. The summed E-state index contributed by atoms with van der Waals surface area (Å²) in [6.45, 7) is 0. The van der Waals surface area contributed by atoms with Gasteiger partial charge in [-0.1, -0.05) is 59.4 Å². The minimum absolute atomic E-state index is 0.248. The topological polar surface area (TPSA) is 83.0 Å². The Hall–Kier alpha value is -1.68. The van der Waals surface area contributed by atoms with Crippen LogP contribution in [0.3, 0.4) is 0 Å². The molecule has 0 bridgehead atoms. The monoisotopic (exact) mass is 572 g/mol. The Morgan fingerprint density at radius 2 is 1.70 bits per heavy atom. The van der Waals surface area contributed by atoms with Crippen molar-refractivity contribution in [1.82, 2.24) is 14.6 Å². The fourth-order valence-electron chi connectivity index (χ4n) is 2.71. The van der Waals surface area contributed by atoms with Crippen molar-refractivity contribution in [2.45, 2.75) is 0 Å². The molecule has 0 atom stereocenters. The van der Waals surface area contributed by atoms with Gasteiger partial charge in [0.2, 0.25) is 0 Å². The van der Waals surface area contributed by atoms with E-state index in [2.05, 4.69) is 62.9 Å². The highest BCUT2D eigenvalue weighted by atomic mass is 79.9. The molecule has 0 fully saturated rings. The summed E-state index contributed by atoms with van der Waals surface area (Å²) in [6, 6.07) is 8.82. The fourth-order valence-corrected chi connectivity index (χ4v) is 5.34. The highest BCUT2D eigenvalue weighted by Crippen LogP contribution is 2.28. The zero-order valence-electron chi connectivity index (χ0n) is 13.2. The molecule has 0 saturated heterocycles. The van der Waals surface area contributed by atoms with E-state index in [0.717, 1.165) is 18.1 Å². The van der Waals surface area contributed by atoms with Gasteiger partial charge in [-0.3, -0.25) is 4.79 Å². The summed E-state index contributed by atoms with van der Waals surface area (Å²) in [6.07, 6.45) is 1.43. The third kappa shape index (κ3) is 3.33. The first-order valence-corrected chi connectivity index (χ1v) is 10.3.